The summed E-state index contributed by atoms with van der Waals surface area (Å²) in [6.45, 7) is 0. The summed E-state index contributed by atoms with van der Waals surface area (Å²) in [4.78, 5) is 10.6. The summed E-state index contributed by atoms with van der Waals surface area (Å²) in [6, 6.07) is 8.16. The van der Waals surface area contributed by atoms with Crippen molar-refractivity contribution in [3.8, 4) is 0 Å². The normalized spacial score (nSPS) is 12.1. The Morgan fingerprint density at radius 1 is 1.50 bits per heavy atom. The van der Waals surface area contributed by atoms with Gasteiger partial charge in [0, 0.05) is 0 Å². The molecule has 0 saturated carbocycles. The van der Waals surface area contributed by atoms with E-state index in [1.807, 2.05) is 18.2 Å². The van der Waals surface area contributed by atoms with Gasteiger partial charge in [0.05, 0.1) is 0 Å². The van der Waals surface area contributed by atoms with Crippen LogP contribution >= 0.6 is 0 Å². The number of halogens is 1. The summed E-state index contributed by atoms with van der Waals surface area (Å²) < 4.78 is 11.8. The van der Waals surface area contributed by atoms with Gasteiger partial charge in [-0.1, -0.05) is 30.3 Å². The van der Waals surface area contributed by atoms with Crippen LogP contribution in [0.25, 0.3) is 0 Å². The first-order valence-corrected chi connectivity index (χ1v) is 4.18. The summed E-state index contributed by atoms with van der Waals surface area (Å²) in [5.41, 5.74) is 0.856. The summed E-state index contributed by atoms with van der Waals surface area (Å²) in [5.74, 6) is -1.07. The first kappa shape index (κ1) is 10.7. The maximum atomic E-state index is 11.8. The third kappa shape index (κ3) is 3.18. The highest BCUT2D eigenvalue weighted by Gasteiger charge is 2.17. The lowest BCUT2D eigenvalue weighted by atomic mass is 10.0. The zero-order valence-electron chi connectivity index (χ0n) is 7.48. The highest BCUT2D eigenvalue weighted by atomic mass is 19.1. The zero-order valence-corrected chi connectivity index (χ0v) is 7.48. The van der Waals surface area contributed by atoms with Crippen LogP contribution in [0.1, 0.15) is 5.56 Å². The molecular weight excluding hydrogens is 184 g/mol. The smallest absolute Gasteiger partial charge is 0.452 e. The fourth-order valence-electron chi connectivity index (χ4n) is 1.14. The molecule has 0 saturated heterocycles. The molecule has 1 radical (unpaired) electrons. The maximum Gasteiger partial charge on any atom is 0.452 e. The van der Waals surface area contributed by atoms with E-state index in [2.05, 4.69) is 5.23 Å². The Hall–Kier alpha value is -1.36. The van der Waals surface area contributed by atoms with Gasteiger partial charge in [-0.15, -0.1) is 0 Å². The first-order valence-electron chi connectivity index (χ1n) is 4.18. The number of hydrogen-bond donors (Lipinski definition) is 2. The van der Waals surface area contributed by atoms with Crippen molar-refractivity contribution in [3.63, 3.8) is 0 Å². The van der Waals surface area contributed by atoms with Gasteiger partial charge < -0.3 is 14.6 Å². The van der Waals surface area contributed by atoms with Crippen molar-refractivity contribution in [2.45, 2.75) is 12.5 Å². The van der Waals surface area contributed by atoms with E-state index in [-0.39, 0.29) is 14.1 Å². The van der Waals surface area contributed by atoms with E-state index in [9.17, 15) is 9.11 Å². The number of carbonyl (C=O) groups is 1. The Kier molecular flexibility index (Phi) is 4.13. The van der Waals surface area contributed by atoms with Crippen molar-refractivity contribution in [3.05, 3.63) is 35.9 Å². The Morgan fingerprint density at radius 2 is 2.14 bits per heavy atom. The molecule has 0 aliphatic heterocycles. The molecule has 73 valence electrons. The predicted molar refractivity (Wildman–Crippen MR) is 51.6 cm³/mol. The predicted octanol–water partition coefficient (Wildman–Crippen LogP) is 0.776. The van der Waals surface area contributed by atoms with Gasteiger partial charge in [0.2, 0.25) is 0 Å². The van der Waals surface area contributed by atoms with Gasteiger partial charge in [0.15, 0.2) is 0 Å². The molecule has 0 heterocycles. The second-order valence-corrected chi connectivity index (χ2v) is 2.86. The number of nitrogens with one attached hydrogen (secondary N) is 1. The molecule has 0 aliphatic carbocycles. The molecule has 3 nitrogen and oxygen atoms in total. The highest BCUT2D eigenvalue weighted by molar-refractivity contribution is 6.23. The van der Waals surface area contributed by atoms with Gasteiger partial charge in [-0.05, 0) is 12.0 Å². The van der Waals surface area contributed by atoms with Crippen molar-refractivity contribution in [1.82, 2.24) is 5.23 Å². The van der Waals surface area contributed by atoms with E-state index in [0.29, 0.717) is 0 Å². The molecule has 14 heavy (non-hydrogen) atoms. The lowest BCUT2D eigenvalue weighted by Gasteiger charge is -2.10. The third-order valence-corrected chi connectivity index (χ3v) is 1.84. The molecule has 0 spiro atoms. The van der Waals surface area contributed by atoms with E-state index in [1.165, 1.54) is 0 Å². The molecule has 0 aliphatic rings. The van der Waals surface area contributed by atoms with Gasteiger partial charge in [-0.25, -0.2) is 0 Å². The average molecular weight is 194 g/mol. The monoisotopic (exact) mass is 194 g/mol. The number of aliphatic carboxylic acids is 1. The molecule has 0 aromatic heterocycles. The fourth-order valence-corrected chi connectivity index (χ4v) is 1.14. The van der Waals surface area contributed by atoms with Crippen LogP contribution in [0.2, 0.25) is 0 Å². The van der Waals surface area contributed by atoms with Crippen LogP contribution in [0.5, 0.6) is 0 Å². The molecular formula is C9H10BFNO2. The molecule has 0 amide bonds. The van der Waals surface area contributed by atoms with Crippen molar-refractivity contribution in [1.29, 1.82) is 0 Å². The van der Waals surface area contributed by atoms with Crippen LogP contribution < -0.4 is 5.23 Å². The number of carboxylic acids is 1. The molecule has 0 unspecified atom stereocenters. The number of rotatable bonds is 5. The first-order chi connectivity index (χ1) is 6.74. The number of hydrogen-bond acceptors (Lipinski definition) is 2. The second kappa shape index (κ2) is 5.39. The van der Waals surface area contributed by atoms with Crippen LogP contribution in [0.3, 0.4) is 0 Å². The van der Waals surface area contributed by atoms with Crippen LogP contribution in [-0.2, 0) is 11.2 Å². The SMILES string of the molecule is O=C(O)[C@H](Cc1ccccc1)N[B]F. The van der Waals surface area contributed by atoms with E-state index >= 15 is 0 Å². The Bertz CT molecular complexity index is 294. The van der Waals surface area contributed by atoms with E-state index < -0.39 is 12.0 Å². The molecule has 1 aromatic rings. The van der Waals surface area contributed by atoms with Gasteiger partial charge in [-0.2, -0.15) is 0 Å². The third-order valence-electron chi connectivity index (χ3n) is 1.84. The van der Waals surface area contributed by atoms with Gasteiger partial charge >= 0.3 is 13.7 Å². The largest absolute Gasteiger partial charge is 0.480 e. The second-order valence-electron chi connectivity index (χ2n) is 2.86. The van der Waals surface area contributed by atoms with Crippen LogP contribution in [0.4, 0.5) is 4.32 Å². The minimum atomic E-state index is -1.07. The summed E-state index contributed by atoms with van der Waals surface area (Å²) in [6.07, 6.45) is 0.261. The quantitative estimate of drug-likeness (QED) is 0.680. The average Bonchev–Trinajstić information content (AvgIpc) is 2.18. The van der Waals surface area contributed by atoms with E-state index in [0.717, 1.165) is 5.56 Å². The number of carboxylic acid groups (broad SMARTS) is 1. The molecule has 0 fully saturated rings. The van der Waals surface area contributed by atoms with Gasteiger partial charge in [-0.3, -0.25) is 4.79 Å². The van der Waals surface area contributed by atoms with Crippen molar-refractivity contribution in [2.75, 3.05) is 0 Å². The minimum absolute atomic E-state index is 0.154. The van der Waals surface area contributed by atoms with Crippen LogP contribution in [-0.4, -0.2) is 24.8 Å². The van der Waals surface area contributed by atoms with Gasteiger partial charge in [0.1, 0.15) is 6.04 Å². The lowest BCUT2D eigenvalue weighted by Crippen LogP contribution is -2.39. The maximum absolute atomic E-state index is 11.8. The molecule has 2 N–H and O–H groups in total. The molecule has 1 aromatic carbocycles. The molecule has 1 atom stereocenters. The Balaban J connectivity index is 2.60. The lowest BCUT2D eigenvalue weighted by molar-refractivity contribution is -0.138. The van der Waals surface area contributed by atoms with E-state index in [4.69, 9.17) is 5.11 Å². The Labute approximate surface area is 82.3 Å². The zero-order chi connectivity index (χ0) is 10.4. The summed E-state index contributed by atoms with van der Waals surface area (Å²) in [5, 5.41) is 10.9. The summed E-state index contributed by atoms with van der Waals surface area (Å²) >= 11 is 0. The summed E-state index contributed by atoms with van der Waals surface area (Å²) in [7, 11) is 0.154. The van der Waals surface area contributed by atoms with Crippen LogP contribution in [0, 0.1) is 0 Å². The minimum Gasteiger partial charge on any atom is -0.480 e. The van der Waals surface area contributed by atoms with Gasteiger partial charge in [0.25, 0.3) is 0 Å². The van der Waals surface area contributed by atoms with Crippen molar-refractivity contribution >= 4 is 13.7 Å². The topological polar surface area (TPSA) is 49.3 Å². The van der Waals surface area contributed by atoms with Crippen molar-refractivity contribution < 1.29 is 14.2 Å². The fraction of sp³-hybridized carbons (Fsp3) is 0.222. The van der Waals surface area contributed by atoms with E-state index in [1.54, 1.807) is 12.1 Å². The molecule has 0 bridgehead atoms. The number of benzene rings is 1. The van der Waals surface area contributed by atoms with Crippen molar-refractivity contribution in [2.24, 2.45) is 0 Å². The highest BCUT2D eigenvalue weighted by Crippen LogP contribution is 2.02. The molecule has 1 rings (SSSR count). The molecule has 5 heteroatoms. The van der Waals surface area contributed by atoms with Crippen LogP contribution in [0.15, 0.2) is 30.3 Å². The standard InChI is InChI=1S/C9H10BFNO2/c11-10-12-8(9(13)14)6-7-4-2-1-3-5-7/h1-5,8,12H,6H2,(H,13,14)/t8-/m0/s1. The Morgan fingerprint density at radius 3 is 2.64 bits per heavy atom.